The lowest BCUT2D eigenvalue weighted by Gasteiger charge is -2.31. The fraction of sp³-hybridized carbons (Fsp3) is 0.273. The van der Waals surface area contributed by atoms with Gasteiger partial charge in [0.2, 0.25) is 5.95 Å². The highest BCUT2D eigenvalue weighted by molar-refractivity contribution is 5.99. The average molecular weight is 387 g/mol. The standard InChI is InChI=1S/C22H21N5O2/c1-2-29-16-10-8-14(9-11-16)21-25-22-24-17-6-3-7-18(28)19(17)20(27(22)26-21)15-5-4-12-23-13-15/h4-5,8-13,20H,2-3,6-7H2,1H3,(H,24,25,26). The molecule has 3 heterocycles. The second kappa shape index (κ2) is 7.16. The Morgan fingerprint density at radius 1 is 1.21 bits per heavy atom. The fourth-order valence-electron chi connectivity index (χ4n) is 3.99. The predicted molar refractivity (Wildman–Crippen MR) is 109 cm³/mol. The summed E-state index contributed by atoms with van der Waals surface area (Å²) in [4.78, 5) is 21.8. The van der Waals surface area contributed by atoms with Crippen molar-refractivity contribution < 1.29 is 9.53 Å². The second-order valence-corrected chi connectivity index (χ2v) is 7.14. The first-order valence-electron chi connectivity index (χ1n) is 9.87. The zero-order valence-electron chi connectivity index (χ0n) is 16.1. The van der Waals surface area contributed by atoms with Crippen LogP contribution in [0.2, 0.25) is 0 Å². The highest BCUT2D eigenvalue weighted by Crippen LogP contribution is 2.40. The third-order valence-corrected chi connectivity index (χ3v) is 5.29. The maximum absolute atomic E-state index is 12.8. The van der Waals surface area contributed by atoms with Crippen LogP contribution in [0.1, 0.15) is 37.8 Å². The average Bonchev–Trinajstić information content (AvgIpc) is 3.17. The summed E-state index contributed by atoms with van der Waals surface area (Å²) in [6, 6.07) is 11.3. The number of ketones is 1. The van der Waals surface area contributed by atoms with E-state index in [9.17, 15) is 4.79 Å². The monoisotopic (exact) mass is 387 g/mol. The van der Waals surface area contributed by atoms with Gasteiger partial charge in [-0.05, 0) is 55.7 Å². The van der Waals surface area contributed by atoms with Crippen molar-refractivity contribution in [3.8, 4) is 17.1 Å². The van der Waals surface area contributed by atoms with E-state index in [1.165, 1.54) is 0 Å². The number of ether oxygens (including phenoxy) is 1. The van der Waals surface area contributed by atoms with Crippen LogP contribution in [0.15, 0.2) is 60.1 Å². The number of fused-ring (bicyclic) bond motifs is 1. The molecule has 5 rings (SSSR count). The van der Waals surface area contributed by atoms with Crippen LogP contribution in [-0.2, 0) is 4.79 Å². The van der Waals surface area contributed by atoms with Gasteiger partial charge in [-0.25, -0.2) is 4.68 Å². The van der Waals surface area contributed by atoms with E-state index < -0.39 is 0 Å². The molecule has 0 bridgehead atoms. The Kier molecular flexibility index (Phi) is 4.35. The van der Waals surface area contributed by atoms with Crippen molar-refractivity contribution in [2.24, 2.45) is 0 Å². The smallest absolute Gasteiger partial charge is 0.226 e. The largest absolute Gasteiger partial charge is 0.494 e. The van der Waals surface area contributed by atoms with E-state index in [2.05, 4.69) is 10.3 Å². The van der Waals surface area contributed by atoms with Gasteiger partial charge < -0.3 is 10.1 Å². The van der Waals surface area contributed by atoms with Gasteiger partial charge in [0.15, 0.2) is 11.6 Å². The van der Waals surface area contributed by atoms with Gasteiger partial charge in [0.25, 0.3) is 0 Å². The molecule has 1 N–H and O–H groups in total. The molecular formula is C22H21N5O2. The molecule has 7 heteroatoms. The van der Waals surface area contributed by atoms with Gasteiger partial charge in [0.1, 0.15) is 11.8 Å². The SMILES string of the molecule is CCOc1ccc(-c2nc3n(n2)C(c2cccnc2)C2=C(CCCC2=O)N3)cc1. The molecule has 0 saturated carbocycles. The quantitative estimate of drug-likeness (QED) is 0.734. The number of rotatable bonds is 4. The molecule has 7 nitrogen and oxygen atoms in total. The number of nitrogens with one attached hydrogen (secondary N) is 1. The maximum Gasteiger partial charge on any atom is 0.226 e. The number of hydrogen-bond acceptors (Lipinski definition) is 6. The number of nitrogens with zero attached hydrogens (tertiary/aromatic N) is 4. The van der Waals surface area contributed by atoms with E-state index >= 15 is 0 Å². The van der Waals surface area contributed by atoms with Crippen molar-refractivity contribution in [3.05, 3.63) is 65.6 Å². The summed E-state index contributed by atoms with van der Waals surface area (Å²) in [5.74, 6) is 2.23. The Morgan fingerprint density at radius 3 is 2.83 bits per heavy atom. The number of hydrogen-bond donors (Lipinski definition) is 1. The first-order chi connectivity index (χ1) is 14.2. The van der Waals surface area contributed by atoms with E-state index in [-0.39, 0.29) is 11.8 Å². The highest BCUT2D eigenvalue weighted by atomic mass is 16.5. The third kappa shape index (κ3) is 3.08. The Labute approximate surface area is 168 Å². The molecule has 0 fully saturated rings. The molecule has 2 aliphatic rings. The van der Waals surface area contributed by atoms with Crippen LogP contribution in [0.3, 0.4) is 0 Å². The highest BCUT2D eigenvalue weighted by Gasteiger charge is 2.36. The molecule has 1 aromatic carbocycles. The van der Waals surface area contributed by atoms with Crippen molar-refractivity contribution in [3.63, 3.8) is 0 Å². The normalized spacial score (nSPS) is 18.1. The molecule has 1 atom stereocenters. The minimum Gasteiger partial charge on any atom is -0.494 e. The van der Waals surface area contributed by atoms with Crippen molar-refractivity contribution in [2.45, 2.75) is 32.2 Å². The molecule has 2 aromatic heterocycles. The van der Waals surface area contributed by atoms with E-state index in [4.69, 9.17) is 14.8 Å². The summed E-state index contributed by atoms with van der Waals surface area (Å²) in [6.07, 6.45) is 5.78. The van der Waals surface area contributed by atoms with Gasteiger partial charge in [-0.15, -0.1) is 5.10 Å². The van der Waals surface area contributed by atoms with Crippen LogP contribution in [0, 0.1) is 0 Å². The molecular weight excluding hydrogens is 366 g/mol. The summed E-state index contributed by atoms with van der Waals surface area (Å²) in [5.41, 5.74) is 3.56. The van der Waals surface area contributed by atoms with Crippen LogP contribution < -0.4 is 10.1 Å². The molecule has 146 valence electrons. The molecule has 0 spiro atoms. The molecule has 29 heavy (non-hydrogen) atoms. The molecule has 0 radical (unpaired) electrons. The van der Waals surface area contributed by atoms with Crippen molar-refractivity contribution in [2.75, 3.05) is 11.9 Å². The van der Waals surface area contributed by atoms with Gasteiger partial charge >= 0.3 is 0 Å². The number of allylic oxidation sites excluding steroid dienone is 2. The van der Waals surface area contributed by atoms with Crippen molar-refractivity contribution in [1.82, 2.24) is 19.7 Å². The third-order valence-electron chi connectivity index (χ3n) is 5.29. The number of benzene rings is 1. The number of anilines is 1. The number of Topliss-reactive ketones (excluding diaryl/α,β-unsaturated/α-hetero) is 1. The minimum atomic E-state index is -0.313. The molecule has 1 aliphatic carbocycles. The van der Waals surface area contributed by atoms with Crippen LogP contribution in [-0.4, -0.2) is 32.1 Å². The molecule has 1 aliphatic heterocycles. The lowest BCUT2D eigenvalue weighted by atomic mass is 9.86. The Morgan fingerprint density at radius 2 is 2.07 bits per heavy atom. The number of carbonyl (C=O) groups is 1. The minimum absolute atomic E-state index is 0.163. The fourth-order valence-corrected chi connectivity index (χ4v) is 3.99. The van der Waals surface area contributed by atoms with Gasteiger partial charge in [0.05, 0.1) is 6.61 Å². The van der Waals surface area contributed by atoms with E-state index in [1.807, 2.05) is 48.0 Å². The molecule has 0 saturated heterocycles. The van der Waals surface area contributed by atoms with E-state index in [1.54, 1.807) is 12.4 Å². The number of aromatic nitrogens is 4. The predicted octanol–water partition coefficient (Wildman–Crippen LogP) is 3.76. The number of carbonyl (C=O) groups excluding carboxylic acids is 1. The van der Waals surface area contributed by atoms with Gasteiger partial charge in [-0.3, -0.25) is 9.78 Å². The summed E-state index contributed by atoms with van der Waals surface area (Å²) in [5, 5.41) is 8.12. The van der Waals surface area contributed by atoms with Gasteiger partial charge in [-0.2, -0.15) is 4.98 Å². The summed E-state index contributed by atoms with van der Waals surface area (Å²) in [7, 11) is 0. The Hall–Kier alpha value is -3.48. The number of pyridine rings is 1. The first kappa shape index (κ1) is 17.6. The topological polar surface area (TPSA) is 81.9 Å². The zero-order valence-corrected chi connectivity index (χ0v) is 16.1. The molecule has 1 unspecified atom stereocenters. The van der Waals surface area contributed by atoms with E-state index in [0.29, 0.717) is 24.8 Å². The van der Waals surface area contributed by atoms with Crippen molar-refractivity contribution in [1.29, 1.82) is 0 Å². The van der Waals surface area contributed by atoms with E-state index in [0.717, 1.165) is 41.0 Å². The Bertz CT molecular complexity index is 1090. The summed E-state index contributed by atoms with van der Waals surface area (Å²) < 4.78 is 7.33. The second-order valence-electron chi connectivity index (χ2n) is 7.14. The van der Waals surface area contributed by atoms with Crippen LogP contribution in [0.25, 0.3) is 11.4 Å². The lowest BCUT2D eigenvalue weighted by molar-refractivity contribution is -0.116. The van der Waals surface area contributed by atoms with Crippen LogP contribution >= 0.6 is 0 Å². The lowest BCUT2D eigenvalue weighted by Crippen LogP contribution is -2.31. The van der Waals surface area contributed by atoms with Gasteiger partial charge in [0, 0.05) is 35.6 Å². The Balaban J connectivity index is 1.59. The first-order valence-corrected chi connectivity index (χ1v) is 9.87. The molecule has 3 aromatic rings. The van der Waals surface area contributed by atoms with Crippen molar-refractivity contribution >= 4 is 11.7 Å². The zero-order chi connectivity index (χ0) is 19.8. The molecule has 0 amide bonds. The summed E-state index contributed by atoms with van der Waals surface area (Å²) in [6.45, 7) is 2.58. The van der Waals surface area contributed by atoms with Crippen LogP contribution in [0.5, 0.6) is 5.75 Å². The maximum atomic E-state index is 12.8. The van der Waals surface area contributed by atoms with Crippen LogP contribution in [0.4, 0.5) is 5.95 Å². The summed E-state index contributed by atoms with van der Waals surface area (Å²) >= 11 is 0. The van der Waals surface area contributed by atoms with Gasteiger partial charge in [-0.1, -0.05) is 6.07 Å².